The lowest BCUT2D eigenvalue weighted by atomic mass is 10.1. The normalized spacial score (nSPS) is 14.8. The fraction of sp³-hybridized carbons (Fsp3) is 0.300. The summed E-state index contributed by atoms with van der Waals surface area (Å²) in [4.78, 5) is 23.1. The highest BCUT2D eigenvalue weighted by Crippen LogP contribution is 2.20. The molecule has 2 aromatic carbocycles. The van der Waals surface area contributed by atoms with E-state index < -0.39 is 15.9 Å². The van der Waals surface area contributed by atoms with Crippen LogP contribution in [0.25, 0.3) is 0 Å². The molecule has 10 heteroatoms. The first-order valence-corrected chi connectivity index (χ1v) is 10.8. The van der Waals surface area contributed by atoms with Crippen LogP contribution in [-0.4, -0.2) is 57.4 Å². The zero-order valence-electron chi connectivity index (χ0n) is 16.2. The molecule has 1 aliphatic heterocycles. The van der Waals surface area contributed by atoms with Crippen molar-refractivity contribution in [3.05, 3.63) is 54.1 Å². The number of hydrogen-bond donors (Lipinski definition) is 2. The van der Waals surface area contributed by atoms with E-state index >= 15 is 0 Å². The third-order valence-electron chi connectivity index (χ3n) is 4.42. The molecule has 160 valence electrons. The van der Waals surface area contributed by atoms with Gasteiger partial charge in [0.05, 0.1) is 24.5 Å². The number of nitrogens with zero attached hydrogens (tertiary/aromatic N) is 1. The van der Waals surface area contributed by atoms with Crippen LogP contribution in [0.4, 0.5) is 5.69 Å². The molecule has 0 atom stereocenters. The van der Waals surface area contributed by atoms with Crippen molar-refractivity contribution >= 4 is 27.5 Å². The van der Waals surface area contributed by atoms with E-state index in [1.54, 1.807) is 24.3 Å². The zero-order chi connectivity index (χ0) is 21.6. The van der Waals surface area contributed by atoms with Crippen molar-refractivity contribution in [2.45, 2.75) is 11.3 Å². The summed E-state index contributed by atoms with van der Waals surface area (Å²) < 4.78 is 37.2. The Hall–Kier alpha value is -2.95. The molecule has 0 saturated carbocycles. The topological polar surface area (TPSA) is 128 Å². The molecule has 0 spiro atoms. The summed E-state index contributed by atoms with van der Waals surface area (Å²) in [5, 5.41) is 2.68. The van der Waals surface area contributed by atoms with Gasteiger partial charge in [0.15, 0.2) is 6.61 Å². The van der Waals surface area contributed by atoms with Crippen LogP contribution in [0.2, 0.25) is 0 Å². The molecule has 0 radical (unpaired) electrons. The molecule has 2 amide bonds. The van der Waals surface area contributed by atoms with Crippen LogP contribution < -0.4 is 15.8 Å². The summed E-state index contributed by atoms with van der Waals surface area (Å²) in [6.45, 7) is 1.17. The van der Waals surface area contributed by atoms with Gasteiger partial charge in [-0.1, -0.05) is 12.1 Å². The molecule has 0 aromatic heterocycles. The summed E-state index contributed by atoms with van der Waals surface area (Å²) in [6, 6.07) is 12.7. The second kappa shape index (κ2) is 9.70. The van der Waals surface area contributed by atoms with Gasteiger partial charge in [-0.3, -0.25) is 9.59 Å². The van der Waals surface area contributed by atoms with Crippen LogP contribution >= 0.6 is 0 Å². The third-order valence-corrected chi connectivity index (χ3v) is 6.33. The maximum Gasteiger partial charge on any atom is 0.262 e. The summed E-state index contributed by atoms with van der Waals surface area (Å²) in [5.41, 5.74) is 6.46. The Balaban J connectivity index is 1.52. The number of ether oxygens (including phenoxy) is 2. The monoisotopic (exact) mass is 433 g/mol. The highest BCUT2D eigenvalue weighted by molar-refractivity contribution is 7.89. The maximum absolute atomic E-state index is 12.6. The highest BCUT2D eigenvalue weighted by atomic mass is 32.2. The van der Waals surface area contributed by atoms with Crippen LogP contribution in [0, 0.1) is 0 Å². The van der Waals surface area contributed by atoms with Gasteiger partial charge in [-0.25, -0.2) is 8.42 Å². The molecular weight excluding hydrogens is 410 g/mol. The first kappa shape index (κ1) is 21.8. The van der Waals surface area contributed by atoms with Crippen molar-refractivity contribution in [1.29, 1.82) is 0 Å². The van der Waals surface area contributed by atoms with Crippen molar-refractivity contribution in [3.63, 3.8) is 0 Å². The third kappa shape index (κ3) is 5.78. The van der Waals surface area contributed by atoms with Gasteiger partial charge in [-0.15, -0.1) is 0 Å². The van der Waals surface area contributed by atoms with Gasteiger partial charge >= 0.3 is 0 Å². The molecule has 1 fully saturated rings. The van der Waals surface area contributed by atoms with Crippen LogP contribution in [-0.2, 0) is 30.8 Å². The lowest BCUT2D eigenvalue weighted by Crippen LogP contribution is -2.40. The molecule has 0 unspecified atom stereocenters. The molecule has 1 saturated heterocycles. The minimum atomic E-state index is -3.57. The quantitative estimate of drug-likeness (QED) is 0.632. The number of carbonyl (C=O) groups is 2. The molecule has 2 aromatic rings. The van der Waals surface area contributed by atoms with Gasteiger partial charge in [0.1, 0.15) is 5.75 Å². The lowest BCUT2D eigenvalue weighted by molar-refractivity contribution is -0.118. The van der Waals surface area contributed by atoms with Gasteiger partial charge < -0.3 is 20.5 Å². The Labute approximate surface area is 174 Å². The predicted octanol–water partition coefficient (Wildman–Crippen LogP) is 0.753. The van der Waals surface area contributed by atoms with Gasteiger partial charge in [0.2, 0.25) is 15.9 Å². The van der Waals surface area contributed by atoms with Gasteiger partial charge in [0.25, 0.3) is 5.91 Å². The molecule has 1 heterocycles. The van der Waals surface area contributed by atoms with Crippen LogP contribution in [0.1, 0.15) is 5.56 Å². The largest absolute Gasteiger partial charge is 0.484 e. The fourth-order valence-electron chi connectivity index (χ4n) is 2.90. The van der Waals surface area contributed by atoms with Gasteiger partial charge in [-0.2, -0.15) is 4.31 Å². The lowest BCUT2D eigenvalue weighted by Gasteiger charge is -2.26. The molecule has 0 aliphatic carbocycles. The molecular formula is C20H23N3O6S. The molecule has 30 heavy (non-hydrogen) atoms. The average molecular weight is 433 g/mol. The zero-order valence-corrected chi connectivity index (χ0v) is 17.1. The van der Waals surface area contributed by atoms with Gasteiger partial charge in [0, 0.05) is 18.8 Å². The second-order valence-electron chi connectivity index (χ2n) is 6.66. The molecule has 0 bridgehead atoms. The van der Waals surface area contributed by atoms with E-state index in [4.69, 9.17) is 15.2 Å². The standard InChI is InChI=1S/C20H23N3O6S/c21-19(24)13-15-1-3-16(4-2-15)22-20(25)14-29-17-5-7-18(8-6-17)30(26,27)23-9-11-28-12-10-23/h1-8H,9-14H2,(H2,21,24)(H,22,25). The van der Waals surface area contributed by atoms with E-state index in [1.807, 2.05) is 0 Å². The molecule has 3 rings (SSSR count). The number of amides is 2. The van der Waals surface area contributed by atoms with Crippen molar-refractivity contribution in [2.24, 2.45) is 5.73 Å². The maximum atomic E-state index is 12.6. The fourth-order valence-corrected chi connectivity index (χ4v) is 4.30. The Kier molecular flexibility index (Phi) is 7.03. The number of nitrogens with two attached hydrogens (primary N) is 1. The summed E-state index contributed by atoms with van der Waals surface area (Å²) in [7, 11) is -3.57. The van der Waals surface area contributed by atoms with E-state index in [0.29, 0.717) is 37.7 Å². The first-order valence-electron chi connectivity index (χ1n) is 9.32. The Bertz CT molecular complexity index is 984. The van der Waals surface area contributed by atoms with Crippen molar-refractivity contribution in [1.82, 2.24) is 4.31 Å². The number of morpholine rings is 1. The van der Waals surface area contributed by atoms with Crippen LogP contribution in [0.3, 0.4) is 0 Å². The predicted molar refractivity (Wildman–Crippen MR) is 109 cm³/mol. The van der Waals surface area contributed by atoms with Crippen LogP contribution in [0.5, 0.6) is 5.75 Å². The molecule has 1 aliphatic rings. The number of anilines is 1. The smallest absolute Gasteiger partial charge is 0.262 e. The summed E-state index contributed by atoms with van der Waals surface area (Å²) >= 11 is 0. The van der Waals surface area contributed by atoms with E-state index in [2.05, 4.69) is 5.32 Å². The average Bonchev–Trinajstić information content (AvgIpc) is 2.74. The van der Waals surface area contributed by atoms with E-state index in [-0.39, 0.29) is 23.8 Å². The number of primary amides is 1. The number of nitrogens with one attached hydrogen (secondary N) is 1. The first-order chi connectivity index (χ1) is 14.3. The molecule has 9 nitrogen and oxygen atoms in total. The number of hydrogen-bond acceptors (Lipinski definition) is 6. The number of benzene rings is 2. The minimum absolute atomic E-state index is 0.134. The Morgan fingerprint density at radius 1 is 1.03 bits per heavy atom. The highest BCUT2D eigenvalue weighted by Gasteiger charge is 2.26. The summed E-state index contributed by atoms with van der Waals surface area (Å²) in [5.74, 6) is -0.422. The Morgan fingerprint density at radius 3 is 2.27 bits per heavy atom. The van der Waals surface area contributed by atoms with E-state index in [0.717, 1.165) is 5.56 Å². The SMILES string of the molecule is NC(=O)Cc1ccc(NC(=O)COc2ccc(S(=O)(=O)N3CCOCC3)cc2)cc1. The number of sulfonamides is 1. The van der Waals surface area contributed by atoms with Crippen molar-refractivity contribution < 1.29 is 27.5 Å². The van der Waals surface area contributed by atoms with E-state index in [1.165, 1.54) is 28.6 Å². The van der Waals surface area contributed by atoms with Crippen molar-refractivity contribution in [3.8, 4) is 5.75 Å². The number of carbonyl (C=O) groups excluding carboxylic acids is 2. The number of rotatable bonds is 8. The summed E-state index contributed by atoms with van der Waals surface area (Å²) in [6.07, 6.45) is 0.134. The second-order valence-corrected chi connectivity index (χ2v) is 8.60. The van der Waals surface area contributed by atoms with Crippen LogP contribution in [0.15, 0.2) is 53.4 Å². The molecule has 3 N–H and O–H groups in total. The van der Waals surface area contributed by atoms with Gasteiger partial charge in [-0.05, 0) is 42.0 Å². The minimum Gasteiger partial charge on any atom is -0.484 e. The Morgan fingerprint density at radius 2 is 1.67 bits per heavy atom. The van der Waals surface area contributed by atoms with E-state index in [9.17, 15) is 18.0 Å². The van der Waals surface area contributed by atoms with Crippen molar-refractivity contribution in [2.75, 3.05) is 38.2 Å².